The summed E-state index contributed by atoms with van der Waals surface area (Å²) in [5.74, 6) is -4.36. The normalized spacial score (nSPS) is 33.1. The lowest BCUT2D eigenvalue weighted by molar-refractivity contribution is -0.341. The average Bonchev–Trinajstić information content (AvgIpc) is 3.18. The predicted molar refractivity (Wildman–Crippen MR) is 125 cm³/mol. The number of rotatable bonds is 9. The van der Waals surface area contributed by atoms with E-state index in [2.05, 4.69) is 0 Å². The van der Waals surface area contributed by atoms with Gasteiger partial charge in [0, 0.05) is 40.5 Å². The number of fused-ring (bicyclic) bond motifs is 1. The van der Waals surface area contributed by atoms with Crippen molar-refractivity contribution < 1.29 is 67.0 Å². The number of aliphatic hydroxyl groups is 1. The van der Waals surface area contributed by atoms with E-state index in [0.717, 1.165) is 20.8 Å². The van der Waals surface area contributed by atoms with Gasteiger partial charge in [0.05, 0.1) is 12.2 Å². The molecule has 216 valence electrons. The lowest BCUT2D eigenvalue weighted by Gasteiger charge is -2.44. The number of ether oxygens (including phenoxy) is 8. The van der Waals surface area contributed by atoms with Crippen molar-refractivity contribution in [3.8, 4) is 0 Å². The Balaban J connectivity index is 1.88. The number of hydrogen-bond acceptors (Lipinski definition) is 14. The first kappa shape index (κ1) is 30.1. The van der Waals surface area contributed by atoms with Gasteiger partial charge in [0.25, 0.3) is 0 Å². The highest BCUT2D eigenvalue weighted by Gasteiger charge is 2.53. The summed E-state index contributed by atoms with van der Waals surface area (Å²) in [6.45, 7) is 5.32. The molecule has 1 aliphatic carbocycles. The van der Waals surface area contributed by atoms with Crippen molar-refractivity contribution in [3.05, 3.63) is 24.0 Å². The zero-order chi connectivity index (χ0) is 28.9. The van der Waals surface area contributed by atoms with E-state index in [0.29, 0.717) is 5.57 Å². The minimum absolute atomic E-state index is 0.140. The molecule has 14 heteroatoms. The topological polar surface area (TPSA) is 179 Å². The van der Waals surface area contributed by atoms with Crippen molar-refractivity contribution in [2.24, 2.45) is 11.8 Å². The van der Waals surface area contributed by atoms with Crippen molar-refractivity contribution in [3.63, 3.8) is 0 Å². The summed E-state index contributed by atoms with van der Waals surface area (Å²) in [4.78, 5) is 58.2. The standard InChI is InChI=1S/C25H32O14/c1-11(26)33-9-16-8-18(35-13(3)28)17-6-7-32-24(20(16)17)39-25-21(31)23(37-15(5)30)22(36-14(4)29)19(38-25)10-34-12(2)27/h6-8,17-25,31H,9-10H2,1-5H3/t17-,18-,19+,20-,21+,22+,23+,24-,25-/m0/s1. The van der Waals surface area contributed by atoms with Gasteiger partial charge in [-0.3, -0.25) is 24.0 Å². The molecule has 3 rings (SSSR count). The Morgan fingerprint density at radius 1 is 0.821 bits per heavy atom. The minimum Gasteiger partial charge on any atom is -0.472 e. The molecule has 0 unspecified atom stereocenters. The van der Waals surface area contributed by atoms with Crippen molar-refractivity contribution in [2.75, 3.05) is 13.2 Å². The van der Waals surface area contributed by atoms with Crippen molar-refractivity contribution in [1.29, 1.82) is 0 Å². The van der Waals surface area contributed by atoms with Crippen LogP contribution < -0.4 is 0 Å². The molecule has 0 bridgehead atoms. The fourth-order valence-electron chi connectivity index (χ4n) is 4.65. The molecule has 0 saturated carbocycles. The zero-order valence-corrected chi connectivity index (χ0v) is 22.1. The predicted octanol–water partition coefficient (Wildman–Crippen LogP) is 0.0525. The maximum atomic E-state index is 11.8. The molecule has 1 saturated heterocycles. The minimum atomic E-state index is -1.67. The summed E-state index contributed by atoms with van der Waals surface area (Å²) < 4.78 is 43.6. The van der Waals surface area contributed by atoms with E-state index in [-0.39, 0.29) is 6.61 Å². The molecular weight excluding hydrogens is 524 g/mol. The van der Waals surface area contributed by atoms with E-state index in [9.17, 15) is 29.1 Å². The van der Waals surface area contributed by atoms with Crippen LogP contribution in [0.2, 0.25) is 0 Å². The molecule has 14 nitrogen and oxygen atoms in total. The highest BCUT2D eigenvalue weighted by Crippen LogP contribution is 2.42. The Hall–Kier alpha value is -3.49. The van der Waals surface area contributed by atoms with E-state index in [4.69, 9.17) is 37.9 Å². The van der Waals surface area contributed by atoms with Gasteiger partial charge in [-0.1, -0.05) is 0 Å². The fourth-order valence-corrected chi connectivity index (χ4v) is 4.65. The van der Waals surface area contributed by atoms with E-state index >= 15 is 0 Å². The van der Waals surface area contributed by atoms with Crippen LogP contribution in [0.4, 0.5) is 0 Å². The number of hydrogen-bond donors (Lipinski definition) is 1. The van der Waals surface area contributed by atoms with Crippen molar-refractivity contribution in [2.45, 2.75) is 77.7 Å². The maximum absolute atomic E-state index is 11.8. The highest BCUT2D eigenvalue weighted by molar-refractivity contribution is 5.68. The molecule has 0 aromatic rings. The Labute approximate surface area is 224 Å². The first-order valence-electron chi connectivity index (χ1n) is 12.2. The van der Waals surface area contributed by atoms with E-state index in [1.807, 2.05) is 0 Å². The van der Waals surface area contributed by atoms with Gasteiger partial charge in [-0.05, 0) is 17.7 Å². The molecule has 0 aromatic heterocycles. The van der Waals surface area contributed by atoms with Crippen LogP contribution in [0.5, 0.6) is 0 Å². The molecule has 0 aromatic carbocycles. The Bertz CT molecular complexity index is 1020. The van der Waals surface area contributed by atoms with Gasteiger partial charge in [-0.25, -0.2) is 0 Å². The molecular formula is C25H32O14. The van der Waals surface area contributed by atoms with Crippen LogP contribution >= 0.6 is 0 Å². The molecule has 1 fully saturated rings. The number of carbonyl (C=O) groups excluding carboxylic acids is 5. The third-order valence-corrected chi connectivity index (χ3v) is 6.09. The Morgan fingerprint density at radius 3 is 2.03 bits per heavy atom. The first-order chi connectivity index (χ1) is 18.4. The third kappa shape index (κ3) is 7.77. The van der Waals surface area contributed by atoms with E-state index in [1.54, 1.807) is 12.2 Å². The summed E-state index contributed by atoms with van der Waals surface area (Å²) in [7, 11) is 0. The number of carbonyl (C=O) groups is 5. The molecule has 2 heterocycles. The van der Waals surface area contributed by atoms with Gasteiger partial charge in [0.15, 0.2) is 18.5 Å². The van der Waals surface area contributed by atoms with Crippen LogP contribution in [0, 0.1) is 11.8 Å². The average molecular weight is 557 g/mol. The van der Waals surface area contributed by atoms with Crippen LogP contribution in [0.15, 0.2) is 24.0 Å². The van der Waals surface area contributed by atoms with E-state index in [1.165, 1.54) is 20.1 Å². The number of aliphatic hydroxyl groups excluding tert-OH is 1. The van der Waals surface area contributed by atoms with Crippen LogP contribution in [0.25, 0.3) is 0 Å². The molecule has 39 heavy (non-hydrogen) atoms. The van der Waals surface area contributed by atoms with E-state index < -0.39 is 91.4 Å². The van der Waals surface area contributed by atoms with Gasteiger partial charge < -0.3 is 43.0 Å². The highest BCUT2D eigenvalue weighted by atomic mass is 16.8. The molecule has 3 aliphatic rings. The lowest BCUT2D eigenvalue weighted by Crippen LogP contribution is -2.62. The Morgan fingerprint density at radius 2 is 1.44 bits per heavy atom. The lowest BCUT2D eigenvalue weighted by atomic mass is 9.88. The van der Waals surface area contributed by atoms with Crippen LogP contribution in [0.3, 0.4) is 0 Å². The second-order valence-corrected chi connectivity index (χ2v) is 9.15. The molecule has 1 N–H and O–H groups in total. The van der Waals surface area contributed by atoms with Gasteiger partial charge in [-0.15, -0.1) is 0 Å². The van der Waals surface area contributed by atoms with Gasteiger partial charge >= 0.3 is 29.8 Å². The first-order valence-corrected chi connectivity index (χ1v) is 12.2. The SMILES string of the molecule is CC(=O)OCC1=C[C@H](OC(C)=O)[C@@H]2C=CO[C@@H](O[C@@H]3O[C@H](COC(C)=O)[C@@H](OC(C)=O)[C@H](OC(C)=O)[C@H]3O)[C@@H]12. The monoisotopic (exact) mass is 556 g/mol. The smallest absolute Gasteiger partial charge is 0.303 e. The van der Waals surface area contributed by atoms with Gasteiger partial charge in [0.1, 0.15) is 31.5 Å². The summed E-state index contributed by atoms with van der Waals surface area (Å²) in [6, 6.07) is 0. The molecule has 9 atom stereocenters. The van der Waals surface area contributed by atoms with Crippen LogP contribution in [-0.4, -0.2) is 91.3 Å². The van der Waals surface area contributed by atoms with Crippen molar-refractivity contribution in [1.82, 2.24) is 0 Å². The summed E-state index contributed by atoms with van der Waals surface area (Å²) in [5.41, 5.74) is 0.534. The quantitative estimate of drug-likeness (QED) is 0.229. The maximum Gasteiger partial charge on any atom is 0.303 e. The summed E-state index contributed by atoms with van der Waals surface area (Å²) in [5, 5.41) is 11.1. The summed E-state index contributed by atoms with van der Waals surface area (Å²) in [6.07, 6.45) is -4.41. The molecule has 2 aliphatic heterocycles. The Kier molecular flexibility index (Phi) is 10.1. The molecule has 0 spiro atoms. The van der Waals surface area contributed by atoms with Crippen LogP contribution in [-0.2, 0) is 61.9 Å². The van der Waals surface area contributed by atoms with Crippen LogP contribution in [0.1, 0.15) is 34.6 Å². The summed E-state index contributed by atoms with van der Waals surface area (Å²) >= 11 is 0. The van der Waals surface area contributed by atoms with Gasteiger partial charge in [-0.2, -0.15) is 0 Å². The largest absolute Gasteiger partial charge is 0.472 e. The molecule has 0 amide bonds. The molecule has 0 radical (unpaired) electrons. The third-order valence-electron chi connectivity index (χ3n) is 6.09. The fraction of sp³-hybridized carbons (Fsp3) is 0.640. The van der Waals surface area contributed by atoms with Gasteiger partial charge in [0.2, 0.25) is 6.29 Å². The number of esters is 5. The zero-order valence-electron chi connectivity index (χ0n) is 22.1. The second kappa shape index (κ2) is 13.0. The second-order valence-electron chi connectivity index (χ2n) is 9.15. The van der Waals surface area contributed by atoms with Crippen molar-refractivity contribution >= 4 is 29.8 Å².